The lowest BCUT2D eigenvalue weighted by atomic mass is 9.98. The number of amides is 1. The molecule has 2 aromatic rings. The summed E-state index contributed by atoms with van der Waals surface area (Å²) in [7, 11) is 0. The van der Waals surface area contributed by atoms with E-state index in [1.54, 1.807) is 0 Å². The highest BCUT2D eigenvalue weighted by Crippen LogP contribution is 2.29. The van der Waals surface area contributed by atoms with Crippen molar-refractivity contribution >= 4 is 28.9 Å². The van der Waals surface area contributed by atoms with Gasteiger partial charge in [-0.2, -0.15) is 5.26 Å². The largest absolute Gasteiger partial charge is 0.359 e. The molecule has 0 aliphatic carbocycles. The number of carbonyl (C=O) groups excluding carboxylic acids is 1. The zero-order chi connectivity index (χ0) is 20.1. The molecule has 0 aromatic heterocycles. The molecule has 0 saturated carbocycles. The molecule has 2 rings (SSSR count). The molecule has 2 N–H and O–H groups in total. The minimum absolute atomic E-state index is 0.0241. The number of nitrogens with one attached hydrogen (secondary N) is 2. The van der Waals surface area contributed by atoms with Crippen molar-refractivity contribution in [3.05, 3.63) is 69.4 Å². The molecular weight excluding hydrogens is 358 g/mol. The van der Waals surface area contributed by atoms with E-state index in [-0.39, 0.29) is 11.5 Å². The first-order chi connectivity index (χ1) is 12.7. The van der Waals surface area contributed by atoms with Gasteiger partial charge in [-0.1, -0.05) is 49.7 Å². The summed E-state index contributed by atoms with van der Waals surface area (Å²) in [6.07, 6.45) is 1.40. The van der Waals surface area contributed by atoms with Gasteiger partial charge in [0.2, 0.25) is 0 Å². The summed E-state index contributed by atoms with van der Waals surface area (Å²) in [5, 5.41) is 15.9. The van der Waals surface area contributed by atoms with E-state index in [2.05, 4.69) is 24.5 Å². The van der Waals surface area contributed by atoms with Crippen LogP contribution in [0.5, 0.6) is 0 Å². The molecule has 0 unspecified atom stereocenters. The minimum atomic E-state index is -0.456. The molecule has 1 amide bonds. The molecule has 140 valence electrons. The van der Waals surface area contributed by atoms with Crippen molar-refractivity contribution in [3.63, 3.8) is 0 Å². The molecule has 0 fully saturated rings. The van der Waals surface area contributed by atoms with E-state index >= 15 is 0 Å². The average Bonchev–Trinajstić information content (AvgIpc) is 2.58. The first-order valence-corrected chi connectivity index (χ1v) is 9.16. The Balaban J connectivity index is 2.28. The van der Waals surface area contributed by atoms with E-state index in [9.17, 15) is 10.1 Å². The van der Waals surface area contributed by atoms with Gasteiger partial charge in [-0.05, 0) is 55.0 Å². The fourth-order valence-corrected chi connectivity index (χ4v) is 3.29. The second-order valence-electron chi connectivity index (χ2n) is 6.90. The Kier molecular flexibility index (Phi) is 6.65. The van der Waals surface area contributed by atoms with Crippen LogP contribution in [0.4, 0.5) is 11.4 Å². The molecule has 4 nitrogen and oxygen atoms in total. The third kappa shape index (κ3) is 4.90. The predicted molar refractivity (Wildman–Crippen MR) is 112 cm³/mol. The lowest BCUT2D eigenvalue weighted by Crippen LogP contribution is -2.17. The highest BCUT2D eigenvalue weighted by Gasteiger charge is 2.15. The number of nitrogens with zero attached hydrogens (tertiary/aromatic N) is 1. The van der Waals surface area contributed by atoms with E-state index < -0.39 is 5.91 Å². The standard InChI is InChI=1S/C22H24ClN3O/c1-13(2)18-8-6-7-15(4)20(18)26-22(27)17(11-24)12-25-21-16(5)9-14(3)10-19(21)23/h6-10,12-13,25H,1-5H3,(H,26,27)/b17-12-. The number of para-hydroxylation sites is 1. The van der Waals surface area contributed by atoms with Gasteiger partial charge in [0.15, 0.2) is 0 Å². The maximum absolute atomic E-state index is 12.6. The Bertz CT molecular complexity index is 916. The van der Waals surface area contributed by atoms with Crippen LogP contribution in [0.3, 0.4) is 0 Å². The Morgan fingerprint density at radius 3 is 2.44 bits per heavy atom. The maximum Gasteiger partial charge on any atom is 0.267 e. The third-order valence-corrected chi connectivity index (χ3v) is 4.62. The Morgan fingerprint density at radius 2 is 1.85 bits per heavy atom. The van der Waals surface area contributed by atoms with Crippen molar-refractivity contribution in [2.45, 2.75) is 40.5 Å². The lowest BCUT2D eigenvalue weighted by Gasteiger charge is -2.16. The lowest BCUT2D eigenvalue weighted by molar-refractivity contribution is -0.112. The zero-order valence-electron chi connectivity index (χ0n) is 16.3. The van der Waals surface area contributed by atoms with Crippen molar-refractivity contribution < 1.29 is 4.79 Å². The topological polar surface area (TPSA) is 64.9 Å². The van der Waals surface area contributed by atoms with E-state index in [1.165, 1.54) is 6.20 Å². The second kappa shape index (κ2) is 8.75. The highest BCUT2D eigenvalue weighted by atomic mass is 35.5. The molecule has 0 saturated heterocycles. The van der Waals surface area contributed by atoms with Crippen LogP contribution in [0.2, 0.25) is 5.02 Å². The molecular formula is C22H24ClN3O. The van der Waals surface area contributed by atoms with Gasteiger partial charge in [0, 0.05) is 11.9 Å². The summed E-state index contributed by atoms with van der Waals surface area (Å²) in [6, 6.07) is 11.7. The quantitative estimate of drug-likeness (QED) is 0.504. The number of nitriles is 1. The van der Waals surface area contributed by atoms with E-state index in [0.717, 1.165) is 27.9 Å². The number of carbonyl (C=O) groups is 1. The zero-order valence-corrected chi connectivity index (χ0v) is 17.0. The summed E-state index contributed by atoms with van der Waals surface area (Å²) >= 11 is 6.27. The van der Waals surface area contributed by atoms with Crippen molar-refractivity contribution in [2.24, 2.45) is 0 Å². The number of hydrogen-bond donors (Lipinski definition) is 2. The first kappa shape index (κ1) is 20.5. The normalized spacial score (nSPS) is 11.3. The second-order valence-corrected chi connectivity index (χ2v) is 7.31. The fourth-order valence-electron chi connectivity index (χ4n) is 2.91. The van der Waals surface area contributed by atoms with Gasteiger partial charge in [0.05, 0.1) is 10.7 Å². The number of hydrogen-bond acceptors (Lipinski definition) is 3. The molecule has 0 heterocycles. The number of aryl methyl sites for hydroxylation is 3. The predicted octanol–water partition coefficient (Wildman–Crippen LogP) is 5.85. The summed E-state index contributed by atoms with van der Waals surface area (Å²) in [5.41, 5.74) is 5.39. The number of benzene rings is 2. The Morgan fingerprint density at radius 1 is 1.15 bits per heavy atom. The molecule has 27 heavy (non-hydrogen) atoms. The maximum atomic E-state index is 12.6. The summed E-state index contributed by atoms with van der Waals surface area (Å²) in [4.78, 5) is 12.6. The van der Waals surface area contributed by atoms with Crippen molar-refractivity contribution in [1.29, 1.82) is 5.26 Å². The van der Waals surface area contributed by atoms with Crippen LogP contribution in [0, 0.1) is 32.1 Å². The summed E-state index contributed by atoms with van der Waals surface area (Å²) in [5.74, 6) is -0.205. The first-order valence-electron chi connectivity index (χ1n) is 8.79. The Hall–Kier alpha value is -2.77. The molecule has 0 atom stereocenters. The van der Waals surface area contributed by atoms with Gasteiger partial charge in [-0.15, -0.1) is 0 Å². The number of halogens is 1. The monoisotopic (exact) mass is 381 g/mol. The fraction of sp³-hybridized carbons (Fsp3) is 0.273. The van der Waals surface area contributed by atoms with Crippen LogP contribution in [0.1, 0.15) is 42.0 Å². The average molecular weight is 382 g/mol. The summed E-state index contributed by atoms with van der Waals surface area (Å²) in [6.45, 7) is 9.94. The van der Waals surface area contributed by atoms with Gasteiger partial charge in [-0.25, -0.2) is 0 Å². The SMILES string of the molecule is Cc1cc(C)c(N/C=C(/C#N)C(=O)Nc2c(C)cccc2C(C)C)c(Cl)c1. The van der Waals surface area contributed by atoms with Gasteiger partial charge in [0.25, 0.3) is 5.91 Å². The molecule has 0 bridgehead atoms. The smallest absolute Gasteiger partial charge is 0.267 e. The van der Waals surface area contributed by atoms with Crippen LogP contribution >= 0.6 is 11.6 Å². The number of anilines is 2. The van der Waals surface area contributed by atoms with Crippen LogP contribution in [0.25, 0.3) is 0 Å². The van der Waals surface area contributed by atoms with E-state index in [1.807, 2.05) is 57.2 Å². The van der Waals surface area contributed by atoms with Crippen molar-refractivity contribution in [3.8, 4) is 6.07 Å². The van der Waals surface area contributed by atoms with Crippen molar-refractivity contribution in [1.82, 2.24) is 0 Å². The van der Waals surface area contributed by atoms with Gasteiger partial charge in [0.1, 0.15) is 11.6 Å². The van der Waals surface area contributed by atoms with Crippen molar-refractivity contribution in [2.75, 3.05) is 10.6 Å². The van der Waals surface area contributed by atoms with E-state index in [0.29, 0.717) is 10.7 Å². The third-order valence-electron chi connectivity index (χ3n) is 4.32. The number of rotatable bonds is 5. The van der Waals surface area contributed by atoms with E-state index in [4.69, 9.17) is 11.6 Å². The minimum Gasteiger partial charge on any atom is -0.359 e. The van der Waals surface area contributed by atoms with Gasteiger partial charge in [-0.3, -0.25) is 4.79 Å². The molecule has 0 spiro atoms. The molecule has 0 radical (unpaired) electrons. The van der Waals surface area contributed by atoms with Crippen LogP contribution < -0.4 is 10.6 Å². The molecule has 2 aromatic carbocycles. The molecule has 0 aliphatic heterocycles. The van der Waals surface area contributed by atoms with Crippen LogP contribution in [-0.4, -0.2) is 5.91 Å². The van der Waals surface area contributed by atoms with Gasteiger partial charge >= 0.3 is 0 Å². The highest BCUT2D eigenvalue weighted by molar-refractivity contribution is 6.33. The molecule has 0 aliphatic rings. The van der Waals surface area contributed by atoms with Crippen LogP contribution in [-0.2, 0) is 4.79 Å². The van der Waals surface area contributed by atoms with Gasteiger partial charge < -0.3 is 10.6 Å². The van der Waals surface area contributed by atoms with Crippen LogP contribution in [0.15, 0.2) is 42.1 Å². The molecule has 5 heteroatoms. The Labute approximate surface area is 165 Å². The summed E-state index contributed by atoms with van der Waals surface area (Å²) < 4.78 is 0.